The van der Waals surface area contributed by atoms with Crippen LogP contribution in [-0.4, -0.2) is 0 Å². The van der Waals surface area contributed by atoms with E-state index in [2.05, 4.69) is 118 Å². The molecule has 0 radical (unpaired) electrons. The first kappa shape index (κ1) is 33.9. The molecule has 0 bridgehead atoms. The first-order valence-corrected chi connectivity index (χ1v) is 20.4. The van der Waals surface area contributed by atoms with Crippen LogP contribution in [-0.2, 0) is 0 Å². The van der Waals surface area contributed by atoms with Gasteiger partial charge in [0.1, 0.15) is 0 Å². The van der Waals surface area contributed by atoms with Gasteiger partial charge in [0.05, 0.1) is 0 Å². The van der Waals surface area contributed by atoms with Gasteiger partial charge >= 0.3 is 0 Å². The van der Waals surface area contributed by atoms with Crippen LogP contribution < -0.4 is 0 Å². The van der Waals surface area contributed by atoms with Gasteiger partial charge in [0, 0.05) is 0 Å². The largest absolute Gasteiger partial charge is 0.0620 e. The number of hydrogen-bond acceptors (Lipinski definition) is 0. The summed E-state index contributed by atoms with van der Waals surface area (Å²) in [7, 11) is 0. The molecule has 0 heteroatoms. The Balaban J connectivity index is 1.53. The van der Waals surface area contributed by atoms with Gasteiger partial charge in [0.25, 0.3) is 0 Å². The molecule has 25 unspecified atom stereocenters. The minimum absolute atomic E-state index is 0.502. The van der Waals surface area contributed by atoms with E-state index < -0.39 is 0 Å². The molecule has 0 saturated heterocycles. The SMILES string of the molecule is CC1C(C)C(C)C2C(C1C)C(CC13C(C)C(C)C(C)C(C)C1C1C(C)C(C)C(C)C(C)C1C3C)C1C(C)C(C)C(C)C(C)C12. The summed E-state index contributed by atoms with van der Waals surface area (Å²) in [5.41, 5.74) is 0.502. The van der Waals surface area contributed by atoms with Crippen molar-refractivity contribution in [3.63, 3.8) is 0 Å². The monoisotopic (exact) mass is 607 g/mol. The van der Waals surface area contributed by atoms with Gasteiger partial charge in [-0.25, -0.2) is 0 Å². The molecule has 0 nitrogen and oxygen atoms in total. The summed E-state index contributed by atoms with van der Waals surface area (Å²) in [6.45, 7) is 46.0. The van der Waals surface area contributed by atoms with E-state index >= 15 is 0 Å². The molecule has 0 aromatic rings. The van der Waals surface area contributed by atoms with Crippen LogP contribution in [0.3, 0.4) is 0 Å². The van der Waals surface area contributed by atoms with E-state index in [-0.39, 0.29) is 0 Å². The lowest BCUT2D eigenvalue weighted by Gasteiger charge is -2.60. The van der Waals surface area contributed by atoms with Crippen LogP contribution in [0.4, 0.5) is 0 Å². The Morgan fingerprint density at radius 3 is 1.00 bits per heavy atom. The average Bonchev–Trinajstić information content (AvgIpc) is 3.47. The fourth-order valence-electron chi connectivity index (χ4n) is 16.8. The molecule has 6 saturated carbocycles. The van der Waals surface area contributed by atoms with Crippen LogP contribution in [0.1, 0.15) is 124 Å². The highest BCUT2D eigenvalue weighted by atomic mass is 14.8. The zero-order valence-electron chi connectivity index (χ0n) is 32.6. The van der Waals surface area contributed by atoms with Gasteiger partial charge in [0.15, 0.2) is 0 Å². The van der Waals surface area contributed by atoms with Crippen molar-refractivity contribution >= 4 is 0 Å². The lowest BCUT2D eigenvalue weighted by atomic mass is 9.45. The van der Waals surface area contributed by atoms with E-state index in [1.54, 1.807) is 6.42 Å². The molecule has 0 N–H and O–H groups in total. The molecule has 0 aliphatic heterocycles. The Labute approximate surface area is 276 Å². The third-order valence-electron chi connectivity index (χ3n) is 20.8. The summed E-state index contributed by atoms with van der Waals surface area (Å²) < 4.78 is 0. The smallest absolute Gasteiger partial charge is 0.0204 e. The normalized spacial score (nSPS) is 67.2. The van der Waals surface area contributed by atoms with Gasteiger partial charge in [-0.2, -0.15) is 0 Å². The fourth-order valence-corrected chi connectivity index (χ4v) is 16.8. The van der Waals surface area contributed by atoms with Gasteiger partial charge in [-0.15, -0.1) is 0 Å². The number of fused-ring (bicyclic) bond motifs is 6. The van der Waals surface area contributed by atoms with Crippen molar-refractivity contribution in [2.24, 2.45) is 153 Å². The average molecular weight is 607 g/mol. The van der Waals surface area contributed by atoms with Crippen molar-refractivity contribution in [3.05, 3.63) is 0 Å². The van der Waals surface area contributed by atoms with Crippen LogP contribution >= 0.6 is 0 Å². The van der Waals surface area contributed by atoms with Crippen molar-refractivity contribution in [2.75, 3.05) is 0 Å². The van der Waals surface area contributed by atoms with Gasteiger partial charge in [-0.1, -0.05) is 118 Å². The van der Waals surface area contributed by atoms with E-state index in [0.717, 1.165) is 148 Å². The molecule has 44 heavy (non-hydrogen) atoms. The maximum absolute atomic E-state index is 2.84. The molecular formula is C44H78. The molecule has 254 valence electrons. The van der Waals surface area contributed by atoms with Crippen LogP contribution in [0, 0.1) is 153 Å². The summed E-state index contributed by atoms with van der Waals surface area (Å²) in [6, 6.07) is 0. The molecule has 6 rings (SSSR count). The lowest BCUT2D eigenvalue weighted by molar-refractivity contribution is -0.120. The van der Waals surface area contributed by atoms with Crippen molar-refractivity contribution in [3.8, 4) is 0 Å². The van der Waals surface area contributed by atoms with E-state index in [1.807, 2.05) is 0 Å². The van der Waals surface area contributed by atoms with E-state index in [9.17, 15) is 0 Å². The Hall–Kier alpha value is 0. The Kier molecular flexibility index (Phi) is 8.69. The van der Waals surface area contributed by atoms with Crippen LogP contribution in [0.25, 0.3) is 0 Å². The molecule has 25 atom stereocenters. The first-order chi connectivity index (χ1) is 20.4. The van der Waals surface area contributed by atoms with E-state index in [4.69, 9.17) is 0 Å². The molecule has 6 aliphatic rings. The Morgan fingerprint density at radius 2 is 0.591 bits per heavy atom. The molecule has 6 aliphatic carbocycles. The third-order valence-corrected chi connectivity index (χ3v) is 20.8. The Bertz CT molecular complexity index is 1000. The highest BCUT2D eigenvalue weighted by molar-refractivity contribution is 5.19. The highest BCUT2D eigenvalue weighted by Crippen LogP contribution is 2.76. The van der Waals surface area contributed by atoms with Crippen LogP contribution in [0.2, 0.25) is 0 Å². The van der Waals surface area contributed by atoms with Crippen molar-refractivity contribution in [1.29, 1.82) is 0 Å². The summed E-state index contributed by atoms with van der Waals surface area (Å²) >= 11 is 0. The van der Waals surface area contributed by atoms with Crippen molar-refractivity contribution < 1.29 is 0 Å². The number of hydrogen-bond donors (Lipinski definition) is 0. The van der Waals surface area contributed by atoms with Crippen molar-refractivity contribution in [1.82, 2.24) is 0 Å². The summed E-state index contributed by atoms with van der Waals surface area (Å²) in [4.78, 5) is 0. The zero-order chi connectivity index (χ0) is 32.6. The minimum atomic E-state index is 0.502. The topological polar surface area (TPSA) is 0 Å². The predicted molar refractivity (Wildman–Crippen MR) is 191 cm³/mol. The predicted octanol–water partition coefficient (Wildman–Crippen LogP) is 12.2. The molecule has 0 spiro atoms. The van der Waals surface area contributed by atoms with E-state index in [1.165, 1.54) is 0 Å². The lowest BCUT2D eigenvalue weighted by Crippen LogP contribution is -2.54. The second-order valence-electron chi connectivity index (χ2n) is 20.4. The van der Waals surface area contributed by atoms with Gasteiger partial charge in [-0.3, -0.25) is 0 Å². The minimum Gasteiger partial charge on any atom is -0.0620 e. The van der Waals surface area contributed by atoms with Crippen LogP contribution in [0.15, 0.2) is 0 Å². The van der Waals surface area contributed by atoms with E-state index in [0.29, 0.717) is 5.41 Å². The first-order valence-electron chi connectivity index (χ1n) is 20.4. The molecule has 6 fully saturated rings. The third kappa shape index (κ3) is 4.11. The Morgan fingerprint density at radius 1 is 0.273 bits per heavy atom. The quantitative estimate of drug-likeness (QED) is 0.293. The summed E-state index contributed by atoms with van der Waals surface area (Å²) in [6.07, 6.45) is 1.56. The number of rotatable bonds is 2. The highest BCUT2D eigenvalue weighted by Gasteiger charge is 2.71. The molecule has 0 aromatic heterocycles. The fraction of sp³-hybridized carbons (Fsp3) is 1.00. The second-order valence-corrected chi connectivity index (χ2v) is 20.4. The molecular weight excluding hydrogens is 528 g/mol. The summed E-state index contributed by atoms with van der Waals surface area (Å²) in [5, 5.41) is 0. The maximum atomic E-state index is 2.84. The van der Waals surface area contributed by atoms with Crippen LogP contribution in [0.5, 0.6) is 0 Å². The molecule has 0 heterocycles. The standard InChI is InChI=1S/C44H78/c1-19-24(6)32(14)42-37(27(19)9)35(17)44(34(16)26(8)25(7)33(15)43(42)44)18-36-38-28(10)20(2)22(4)30(12)40(38)41-31(13)23(5)21(3)29(11)39(36)41/h19-43H,18H2,1-17H3. The van der Waals surface area contributed by atoms with Crippen molar-refractivity contribution in [2.45, 2.75) is 124 Å². The zero-order valence-corrected chi connectivity index (χ0v) is 32.6. The molecule has 0 amide bonds. The second kappa shape index (κ2) is 11.3. The van der Waals surface area contributed by atoms with Gasteiger partial charge in [0.2, 0.25) is 0 Å². The maximum Gasteiger partial charge on any atom is -0.0204 e. The molecule has 0 aromatic carbocycles. The summed E-state index contributed by atoms with van der Waals surface area (Å²) in [5.74, 6) is 22.0. The van der Waals surface area contributed by atoms with Gasteiger partial charge in [-0.05, 0) is 160 Å². The van der Waals surface area contributed by atoms with Gasteiger partial charge < -0.3 is 0 Å².